The van der Waals surface area contributed by atoms with E-state index in [1.54, 1.807) is 12.1 Å². The largest absolute Gasteiger partial charge is 0.207 e. The molecule has 2 aromatic rings. The van der Waals surface area contributed by atoms with E-state index in [0.29, 0.717) is 12.0 Å². The SMILES string of the molecule is Fc1cccc(CC(Br)c2ccc(F)cc2F)c1. The molecule has 94 valence electrons. The van der Waals surface area contributed by atoms with Crippen LogP contribution in [0.1, 0.15) is 16.0 Å². The summed E-state index contributed by atoms with van der Waals surface area (Å²) in [6.45, 7) is 0. The Morgan fingerprint density at radius 3 is 2.33 bits per heavy atom. The highest BCUT2D eigenvalue weighted by atomic mass is 79.9. The van der Waals surface area contributed by atoms with Gasteiger partial charge in [-0.15, -0.1) is 0 Å². The summed E-state index contributed by atoms with van der Waals surface area (Å²) >= 11 is 3.34. The molecule has 0 saturated carbocycles. The summed E-state index contributed by atoms with van der Waals surface area (Å²) in [4.78, 5) is -0.320. The first-order valence-corrected chi connectivity index (χ1v) is 6.31. The van der Waals surface area contributed by atoms with Crippen molar-refractivity contribution in [2.45, 2.75) is 11.2 Å². The molecule has 0 spiro atoms. The lowest BCUT2D eigenvalue weighted by atomic mass is 10.0. The lowest BCUT2D eigenvalue weighted by molar-refractivity contribution is 0.571. The van der Waals surface area contributed by atoms with Gasteiger partial charge >= 0.3 is 0 Å². The Morgan fingerprint density at radius 2 is 1.67 bits per heavy atom. The molecule has 4 heteroatoms. The zero-order valence-corrected chi connectivity index (χ0v) is 10.9. The number of hydrogen-bond acceptors (Lipinski definition) is 0. The third-order valence-electron chi connectivity index (χ3n) is 2.60. The highest BCUT2D eigenvalue weighted by Crippen LogP contribution is 2.29. The smallest absolute Gasteiger partial charge is 0.130 e. The number of hydrogen-bond donors (Lipinski definition) is 0. The predicted molar refractivity (Wildman–Crippen MR) is 68.1 cm³/mol. The molecule has 0 amide bonds. The van der Waals surface area contributed by atoms with Crippen LogP contribution in [0.3, 0.4) is 0 Å². The van der Waals surface area contributed by atoms with Gasteiger partial charge in [-0.2, -0.15) is 0 Å². The van der Waals surface area contributed by atoms with Crippen molar-refractivity contribution >= 4 is 15.9 Å². The van der Waals surface area contributed by atoms with Crippen molar-refractivity contribution in [2.75, 3.05) is 0 Å². The van der Waals surface area contributed by atoms with Crippen LogP contribution in [0, 0.1) is 17.5 Å². The van der Waals surface area contributed by atoms with Gasteiger partial charge in [-0.1, -0.05) is 34.1 Å². The second-order valence-corrected chi connectivity index (χ2v) is 5.07. The molecular formula is C14H10BrF3. The van der Waals surface area contributed by atoms with Crippen LogP contribution in [0.5, 0.6) is 0 Å². The van der Waals surface area contributed by atoms with Crippen LogP contribution >= 0.6 is 15.9 Å². The molecule has 0 aliphatic rings. The van der Waals surface area contributed by atoms with E-state index < -0.39 is 11.6 Å². The second kappa shape index (κ2) is 5.57. The standard InChI is InChI=1S/C14H10BrF3/c15-13(7-9-2-1-3-10(16)6-9)12-5-4-11(17)8-14(12)18/h1-6,8,13H,7H2. The fraction of sp³-hybridized carbons (Fsp3) is 0.143. The van der Waals surface area contributed by atoms with Crippen LogP contribution < -0.4 is 0 Å². The number of alkyl halides is 1. The van der Waals surface area contributed by atoms with E-state index in [0.717, 1.165) is 11.6 Å². The Morgan fingerprint density at radius 1 is 0.944 bits per heavy atom. The van der Waals surface area contributed by atoms with Crippen LogP contribution in [0.2, 0.25) is 0 Å². The fourth-order valence-corrected chi connectivity index (χ4v) is 2.48. The normalized spacial score (nSPS) is 12.4. The average Bonchev–Trinajstić information content (AvgIpc) is 2.28. The van der Waals surface area contributed by atoms with Crippen molar-refractivity contribution in [1.29, 1.82) is 0 Å². The highest BCUT2D eigenvalue weighted by molar-refractivity contribution is 9.09. The molecule has 18 heavy (non-hydrogen) atoms. The Bertz CT molecular complexity index is 554. The minimum absolute atomic E-state index is 0.320. The van der Waals surface area contributed by atoms with Crippen LogP contribution in [0.15, 0.2) is 42.5 Å². The summed E-state index contributed by atoms with van der Waals surface area (Å²) in [6.07, 6.45) is 0.431. The molecule has 0 aromatic heterocycles. The molecule has 0 aliphatic carbocycles. The molecule has 0 radical (unpaired) electrons. The zero-order valence-electron chi connectivity index (χ0n) is 9.34. The lowest BCUT2D eigenvalue weighted by Gasteiger charge is -2.11. The molecular weight excluding hydrogens is 305 g/mol. The van der Waals surface area contributed by atoms with Gasteiger partial charge in [0.05, 0.1) is 0 Å². The second-order valence-electron chi connectivity index (χ2n) is 3.97. The zero-order chi connectivity index (χ0) is 13.1. The van der Waals surface area contributed by atoms with E-state index in [-0.39, 0.29) is 10.6 Å². The first kappa shape index (κ1) is 13.1. The summed E-state index contributed by atoms with van der Waals surface area (Å²) in [5.74, 6) is -1.54. The number of halogens is 4. The number of benzene rings is 2. The summed E-state index contributed by atoms with van der Waals surface area (Å²) in [6, 6.07) is 9.56. The maximum Gasteiger partial charge on any atom is 0.130 e. The molecule has 2 rings (SSSR count). The van der Waals surface area contributed by atoms with Gasteiger partial charge in [-0.25, -0.2) is 13.2 Å². The van der Waals surface area contributed by atoms with Gasteiger partial charge in [-0.3, -0.25) is 0 Å². The van der Waals surface area contributed by atoms with Gasteiger partial charge in [0.1, 0.15) is 17.5 Å². The van der Waals surface area contributed by atoms with Gasteiger partial charge in [-0.05, 0) is 30.2 Å². The predicted octanol–water partition coefficient (Wildman–Crippen LogP) is 4.78. The summed E-state index contributed by atoms with van der Waals surface area (Å²) in [5, 5.41) is 0. The van der Waals surface area contributed by atoms with E-state index in [2.05, 4.69) is 15.9 Å². The summed E-state index contributed by atoms with van der Waals surface area (Å²) in [7, 11) is 0. The Hall–Kier alpha value is -1.29. The summed E-state index contributed by atoms with van der Waals surface area (Å²) in [5.41, 5.74) is 1.11. The Balaban J connectivity index is 2.19. The van der Waals surface area contributed by atoms with Gasteiger partial charge in [0.25, 0.3) is 0 Å². The van der Waals surface area contributed by atoms with E-state index in [1.165, 1.54) is 24.3 Å². The average molecular weight is 315 g/mol. The van der Waals surface area contributed by atoms with E-state index in [1.807, 2.05) is 0 Å². The third kappa shape index (κ3) is 3.13. The third-order valence-corrected chi connectivity index (χ3v) is 3.42. The fourth-order valence-electron chi connectivity index (χ4n) is 1.74. The number of rotatable bonds is 3. The van der Waals surface area contributed by atoms with Crippen molar-refractivity contribution in [3.63, 3.8) is 0 Å². The quantitative estimate of drug-likeness (QED) is 0.715. The van der Waals surface area contributed by atoms with Crippen LogP contribution in [0.25, 0.3) is 0 Å². The van der Waals surface area contributed by atoms with Crippen LogP contribution in [0.4, 0.5) is 13.2 Å². The Kier molecular flexibility index (Phi) is 4.07. The molecule has 1 unspecified atom stereocenters. The Labute approximate surface area is 112 Å². The molecule has 0 heterocycles. The molecule has 2 aromatic carbocycles. The summed E-state index contributed by atoms with van der Waals surface area (Å²) < 4.78 is 39.3. The first-order valence-electron chi connectivity index (χ1n) is 5.40. The van der Waals surface area contributed by atoms with E-state index in [9.17, 15) is 13.2 Å². The topological polar surface area (TPSA) is 0 Å². The monoisotopic (exact) mass is 314 g/mol. The highest BCUT2D eigenvalue weighted by Gasteiger charge is 2.14. The van der Waals surface area contributed by atoms with Crippen molar-refractivity contribution in [2.24, 2.45) is 0 Å². The molecule has 0 nitrogen and oxygen atoms in total. The van der Waals surface area contributed by atoms with Crippen molar-refractivity contribution in [3.8, 4) is 0 Å². The van der Waals surface area contributed by atoms with Crippen LogP contribution in [-0.2, 0) is 6.42 Å². The van der Waals surface area contributed by atoms with E-state index >= 15 is 0 Å². The lowest BCUT2D eigenvalue weighted by Crippen LogP contribution is -1.99. The van der Waals surface area contributed by atoms with Gasteiger partial charge in [0.15, 0.2) is 0 Å². The van der Waals surface area contributed by atoms with Gasteiger partial charge in [0, 0.05) is 16.5 Å². The minimum atomic E-state index is -0.610. The molecule has 0 aliphatic heterocycles. The first-order chi connectivity index (χ1) is 8.56. The van der Waals surface area contributed by atoms with Crippen molar-refractivity contribution < 1.29 is 13.2 Å². The minimum Gasteiger partial charge on any atom is -0.207 e. The maximum absolute atomic E-state index is 13.5. The molecule has 0 fully saturated rings. The van der Waals surface area contributed by atoms with Gasteiger partial charge < -0.3 is 0 Å². The van der Waals surface area contributed by atoms with Crippen molar-refractivity contribution in [1.82, 2.24) is 0 Å². The molecule has 0 saturated heterocycles. The molecule has 0 N–H and O–H groups in total. The van der Waals surface area contributed by atoms with Gasteiger partial charge in [0.2, 0.25) is 0 Å². The molecule has 1 atom stereocenters. The van der Waals surface area contributed by atoms with Crippen molar-refractivity contribution in [3.05, 3.63) is 71.0 Å². The van der Waals surface area contributed by atoms with E-state index in [4.69, 9.17) is 0 Å². The van der Waals surface area contributed by atoms with Crippen LogP contribution in [-0.4, -0.2) is 0 Å². The molecule has 0 bridgehead atoms. The maximum atomic E-state index is 13.5.